The molecule has 0 radical (unpaired) electrons. The molecule has 2 N–H and O–H groups in total. The van der Waals surface area contributed by atoms with Crippen LogP contribution < -0.4 is 5.32 Å². The third kappa shape index (κ3) is 4.48. The van der Waals surface area contributed by atoms with E-state index >= 15 is 0 Å². The topological polar surface area (TPSA) is 75.6 Å². The van der Waals surface area contributed by atoms with Crippen LogP contribution in [0.1, 0.15) is 16.1 Å². The number of hydrogen-bond donors (Lipinski definition) is 2. The van der Waals surface area contributed by atoms with Gasteiger partial charge in [0.1, 0.15) is 11.5 Å². The van der Waals surface area contributed by atoms with E-state index in [1.807, 2.05) is 0 Å². The van der Waals surface area contributed by atoms with Gasteiger partial charge in [0.15, 0.2) is 0 Å². The first kappa shape index (κ1) is 20.4. The third-order valence-electron chi connectivity index (χ3n) is 4.28. The summed E-state index contributed by atoms with van der Waals surface area (Å²) in [6.45, 7) is 0.334. The van der Waals surface area contributed by atoms with Crippen LogP contribution in [0.2, 0.25) is 15.1 Å². The molecule has 2 aromatic carbocycles. The molecule has 0 saturated heterocycles. The fourth-order valence-corrected chi connectivity index (χ4v) is 3.30. The van der Waals surface area contributed by atoms with E-state index in [-0.39, 0.29) is 11.6 Å². The molecule has 152 valence electrons. The first-order chi connectivity index (χ1) is 14.4. The van der Waals surface area contributed by atoms with E-state index in [9.17, 15) is 9.18 Å². The van der Waals surface area contributed by atoms with Crippen molar-refractivity contribution in [3.63, 3.8) is 0 Å². The smallest absolute Gasteiger partial charge is 0.273 e. The summed E-state index contributed by atoms with van der Waals surface area (Å²) < 4.78 is 14.8. The van der Waals surface area contributed by atoms with Gasteiger partial charge in [-0.2, -0.15) is 10.2 Å². The molecule has 0 aliphatic rings. The Morgan fingerprint density at radius 3 is 2.67 bits per heavy atom. The second kappa shape index (κ2) is 8.47. The van der Waals surface area contributed by atoms with Crippen LogP contribution in [0.15, 0.2) is 54.9 Å². The molecule has 0 aliphatic heterocycles. The average molecular weight is 465 g/mol. The van der Waals surface area contributed by atoms with E-state index in [1.54, 1.807) is 41.2 Å². The number of rotatable bonds is 5. The van der Waals surface area contributed by atoms with Gasteiger partial charge in [0.2, 0.25) is 0 Å². The van der Waals surface area contributed by atoms with Gasteiger partial charge >= 0.3 is 0 Å². The maximum absolute atomic E-state index is 13.2. The predicted molar refractivity (Wildman–Crippen MR) is 115 cm³/mol. The summed E-state index contributed by atoms with van der Waals surface area (Å²) in [4.78, 5) is 12.5. The summed E-state index contributed by atoms with van der Waals surface area (Å²) in [5, 5.41) is 14.9. The maximum Gasteiger partial charge on any atom is 0.273 e. The van der Waals surface area contributed by atoms with Gasteiger partial charge < -0.3 is 5.32 Å². The zero-order valence-corrected chi connectivity index (χ0v) is 17.4. The first-order valence-electron chi connectivity index (χ1n) is 8.67. The van der Waals surface area contributed by atoms with E-state index < -0.39 is 5.82 Å². The minimum absolute atomic E-state index is 0.269. The summed E-state index contributed by atoms with van der Waals surface area (Å²) in [5.74, 6) is -0.787. The number of carbonyl (C=O) groups excluding carboxylic acids is 1. The van der Waals surface area contributed by atoms with E-state index in [0.29, 0.717) is 38.6 Å². The predicted octanol–water partition coefficient (Wildman–Crippen LogP) is 5.67. The number of carbonyl (C=O) groups is 1. The van der Waals surface area contributed by atoms with Crippen LogP contribution in [0, 0.1) is 5.82 Å². The van der Waals surface area contributed by atoms with E-state index in [1.165, 1.54) is 18.3 Å². The number of benzene rings is 2. The van der Waals surface area contributed by atoms with Gasteiger partial charge in [0.25, 0.3) is 5.91 Å². The molecule has 0 aliphatic carbocycles. The Kier molecular flexibility index (Phi) is 5.76. The van der Waals surface area contributed by atoms with Crippen molar-refractivity contribution < 1.29 is 9.18 Å². The zero-order valence-electron chi connectivity index (χ0n) is 15.2. The van der Waals surface area contributed by atoms with E-state index in [2.05, 4.69) is 20.6 Å². The lowest BCUT2D eigenvalue weighted by Crippen LogP contribution is -2.11. The molecule has 0 atom stereocenters. The molecule has 4 rings (SSSR count). The average Bonchev–Trinajstić information content (AvgIpc) is 3.36. The molecule has 0 unspecified atom stereocenters. The number of amides is 1. The van der Waals surface area contributed by atoms with Crippen LogP contribution in [0.3, 0.4) is 0 Å². The highest BCUT2D eigenvalue weighted by Gasteiger charge is 2.13. The highest BCUT2D eigenvalue weighted by molar-refractivity contribution is 6.42. The number of hydrogen-bond acceptors (Lipinski definition) is 3. The Morgan fingerprint density at radius 2 is 1.90 bits per heavy atom. The summed E-state index contributed by atoms with van der Waals surface area (Å²) >= 11 is 18.0. The minimum Gasteiger partial charge on any atom is -0.318 e. The third-order valence-corrected chi connectivity index (χ3v) is 5.37. The lowest BCUT2D eigenvalue weighted by Gasteiger charge is -2.04. The Hall–Kier alpha value is -2.87. The summed E-state index contributed by atoms with van der Waals surface area (Å²) in [6.07, 6.45) is 3.15. The molecule has 4 aromatic rings. The van der Waals surface area contributed by atoms with Crippen LogP contribution >= 0.6 is 34.8 Å². The second-order valence-corrected chi connectivity index (χ2v) is 7.63. The molecule has 0 fully saturated rings. The Bertz CT molecular complexity index is 1240. The van der Waals surface area contributed by atoms with Crippen molar-refractivity contribution in [1.82, 2.24) is 20.0 Å². The number of nitrogens with zero attached hydrogens (tertiary/aromatic N) is 3. The molecule has 2 heterocycles. The molecule has 10 heteroatoms. The molecule has 2 aromatic heterocycles. The molecular weight excluding hydrogens is 452 g/mol. The zero-order chi connectivity index (χ0) is 21.3. The van der Waals surface area contributed by atoms with Gasteiger partial charge in [0.05, 0.1) is 34.2 Å². The monoisotopic (exact) mass is 463 g/mol. The Balaban J connectivity index is 1.44. The number of anilines is 1. The van der Waals surface area contributed by atoms with Crippen molar-refractivity contribution in [2.24, 2.45) is 0 Å². The number of aromatic nitrogens is 4. The van der Waals surface area contributed by atoms with Crippen LogP contribution in [0.5, 0.6) is 0 Å². The van der Waals surface area contributed by atoms with Gasteiger partial charge in [-0.25, -0.2) is 4.39 Å². The van der Waals surface area contributed by atoms with Crippen molar-refractivity contribution >= 4 is 46.4 Å². The standard InChI is InChI=1S/C20H13Cl3FN5O/c21-15-4-2-11(5-17(15)23)18-7-19(28-27-18)20(30)26-14-8-25-29(10-14)9-12-1-3-13(24)6-16(12)22/h1-8,10H,9H2,(H,26,30)(H,27,28). The highest BCUT2D eigenvalue weighted by Crippen LogP contribution is 2.28. The fraction of sp³-hybridized carbons (Fsp3) is 0.0500. The van der Waals surface area contributed by atoms with Crippen molar-refractivity contribution in [1.29, 1.82) is 0 Å². The molecule has 6 nitrogen and oxygen atoms in total. The summed E-state index contributed by atoms with van der Waals surface area (Å²) in [5.41, 5.74) is 2.75. The van der Waals surface area contributed by atoms with Crippen molar-refractivity contribution in [2.45, 2.75) is 6.54 Å². The summed E-state index contributed by atoms with van der Waals surface area (Å²) in [6, 6.07) is 10.9. The van der Waals surface area contributed by atoms with Crippen molar-refractivity contribution in [3.8, 4) is 11.3 Å². The van der Waals surface area contributed by atoms with Crippen molar-refractivity contribution in [2.75, 3.05) is 5.32 Å². The Morgan fingerprint density at radius 1 is 1.07 bits per heavy atom. The van der Waals surface area contributed by atoms with Gasteiger partial charge in [-0.05, 0) is 35.9 Å². The van der Waals surface area contributed by atoms with Gasteiger partial charge in [-0.1, -0.05) is 46.9 Å². The highest BCUT2D eigenvalue weighted by atomic mass is 35.5. The molecule has 0 spiro atoms. The number of nitrogens with one attached hydrogen (secondary N) is 2. The number of halogens is 4. The fourth-order valence-electron chi connectivity index (χ4n) is 2.78. The minimum atomic E-state index is -0.406. The van der Waals surface area contributed by atoms with Crippen LogP contribution in [0.25, 0.3) is 11.3 Å². The number of H-pyrrole nitrogens is 1. The Labute approximate surface area is 185 Å². The van der Waals surface area contributed by atoms with E-state index in [0.717, 1.165) is 5.56 Å². The molecule has 1 amide bonds. The largest absolute Gasteiger partial charge is 0.318 e. The van der Waals surface area contributed by atoms with E-state index in [4.69, 9.17) is 34.8 Å². The van der Waals surface area contributed by atoms with Gasteiger partial charge in [0, 0.05) is 16.8 Å². The SMILES string of the molecule is O=C(Nc1cnn(Cc2ccc(F)cc2Cl)c1)c1cc(-c2ccc(Cl)c(Cl)c2)n[nH]1. The number of aromatic amines is 1. The lowest BCUT2D eigenvalue weighted by atomic mass is 10.1. The molecule has 0 saturated carbocycles. The first-order valence-corrected chi connectivity index (χ1v) is 9.81. The summed E-state index contributed by atoms with van der Waals surface area (Å²) in [7, 11) is 0. The molecule has 0 bridgehead atoms. The van der Waals surface area contributed by atoms with Gasteiger partial charge in [-0.15, -0.1) is 0 Å². The quantitative estimate of drug-likeness (QED) is 0.399. The van der Waals surface area contributed by atoms with Crippen molar-refractivity contribution in [3.05, 3.63) is 87.0 Å². The normalized spacial score (nSPS) is 10.9. The molecular formula is C20H13Cl3FN5O. The molecule has 30 heavy (non-hydrogen) atoms. The van der Waals surface area contributed by atoms with Crippen LogP contribution in [0.4, 0.5) is 10.1 Å². The van der Waals surface area contributed by atoms with Crippen LogP contribution in [-0.2, 0) is 6.54 Å². The lowest BCUT2D eigenvalue weighted by molar-refractivity contribution is 0.102. The van der Waals surface area contributed by atoms with Crippen LogP contribution in [-0.4, -0.2) is 25.9 Å². The maximum atomic E-state index is 13.2. The second-order valence-electron chi connectivity index (χ2n) is 6.41. The van der Waals surface area contributed by atoms with Gasteiger partial charge in [-0.3, -0.25) is 14.6 Å².